The van der Waals surface area contributed by atoms with Crippen LogP contribution in [0.25, 0.3) is 0 Å². The molecule has 2 bridgehead atoms. The molecule has 4 rings (SSSR count). The van der Waals surface area contributed by atoms with Crippen LogP contribution in [0.3, 0.4) is 0 Å². The first-order valence-electron chi connectivity index (χ1n) is 10.9. The van der Waals surface area contributed by atoms with Crippen molar-refractivity contribution < 1.29 is 28.6 Å². The summed E-state index contributed by atoms with van der Waals surface area (Å²) in [6.07, 6.45) is 0.224. The molecule has 31 heavy (non-hydrogen) atoms. The molecule has 6 atom stereocenters. The molecule has 0 spiro atoms. The van der Waals surface area contributed by atoms with E-state index in [0.717, 1.165) is 9.13 Å². The normalized spacial score (nSPS) is 31.5. The number of rotatable bonds is 6. The summed E-state index contributed by atoms with van der Waals surface area (Å²) < 4.78 is 18.5. The van der Waals surface area contributed by atoms with E-state index in [0.29, 0.717) is 12.8 Å². The molecule has 1 aliphatic heterocycles. The van der Waals surface area contributed by atoms with Crippen LogP contribution in [0, 0.1) is 32.7 Å². The van der Waals surface area contributed by atoms with E-state index in [1.54, 1.807) is 0 Å². The molecule has 1 saturated heterocycles. The lowest BCUT2D eigenvalue weighted by Crippen LogP contribution is -2.46. The van der Waals surface area contributed by atoms with Gasteiger partial charge >= 0.3 is 17.9 Å². The van der Waals surface area contributed by atoms with Crippen LogP contribution in [0.5, 0.6) is 0 Å². The highest BCUT2D eigenvalue weighted by Gasteiger charge is 2.70. The van der Waals surface area contributed by atoms with Crippen LogP contribution < -0.4 is 0 Å². The molecule has 3 aliphatic rings. The van der Waals surface area contributed by atoms with Gasteiger partial charge in [-0.1, -0.05) is 19.1 Å². The molecule has 0 radical (unpaired) electrons. The third-order valence-electron chi connectivity index (χ3n) is 7.39. The Hall–Kier alpha value is -1.64. The number of hydrogen-bond acceptors (Lipinski definition) is 6. The van der Waals surface area contributed by atoms with Gasteiger partial charge in [-0.15, -0.1) is 0 Å². The van der Waals surface area contributed by atoms with Gasteiger partial charge in [-0.3, -0.25) is 14.4 Å². The van der Waals surface area contributed by atoms with Gasteiger partial charge in [0, 0.05) is 15.4 Å². The second-order valence-corrected chi connectivity index (χ2v) is 11.3. The van der Waals surface area contributed by atoms with Gasteiger partial charge in [-0.05, 0) is 80.8 Å². The van der Waals surface area contributed by atoms with Gasteiger partial charge in [0.1, 0.15) is 17.8 Å². The second kappa shape index (κ2) is 7.74. The summed E-state index contributed by atoms with van der Waals surface area (Å²) in [6.45, 7) is 9.29. The fourth-order valence-corrected chi connectivity index (χ4v) is 5.49. The molecule has 7 heteroatoms. The Labute approximate surface area is 196 Å². The Morgan fingerprint density at radius 1 is 1.13 bits per heavy atom. The maximum atomic E-state index is 13.3. The van der Waals surface area contributed by atoms with E-state index < -0.39 is 41.0 Å². The van der Waals surface area contributed by atoms with Crippen molar-refractivity contribution in [1.82, 2.24) is 0 Å². The quantitative estimate of drug-likeness (QED) is 0.306. The Morgan fingerprint density at radius 2 is 1.77 bits per heavy atom. The summed E-state index contributed by atoms with van der Waals surface area (Å²) in [4.78, 5) is 38.7. The molecular formula is C24H29IO6. The van der Waals surface area contributed by atoms with E-state index in [-0.39, 0.29) is 23.8 Å². The van der Waals surface area contributed by atoms with E-state index in [1.165, 1.54) is 0 Å². The molecule has 1 aromatic carbocycles. The fraction of sp³-hybridized carbons (Fsp3) is 0.625. The average molecular weight is 540 g/mol. The van der Waals surface area contributed by atoms with Crippen molar-refractivity contribution in [2.75, 3.05) is 0 Å². The van der Waals surface area contributed by atoms with Crippen LogP contribution in [0.2, 0.25) is 0 Å². The van der Waals surface area contributed by atoms with Crippen LogP contribution in [0.15, 0.2) is 24.3 Å². The third-order valence-corrected chi connectivity index (χ3v) is 8.11. The summed E-state index contributed by atoms with van der Waals surface area (Å²) in [5.41, 5.74) is -0.599. The monoisotopic (exact) mass is 540 g/mol. The van der Waals surface area contributed by atoms with Crippen molar-refractivity contribution in [3.05, 3.63) is 33.4 Å². The summed E-state index contributed by atoms with van der Waals surface area (Å²) in [5.74, 6) is -2.64. The van der Waals surface area contributed by atoms with Gasteiger partial charge in [-0.2, -0.15) is 0 Å². The van der Waals surface area contributed by atoms with Crippen LogP contribution in [0.4, 0.5) is 0 Å². The predicted octanol–water partition coefficient (Wildman–Crippen LogP) is 4.23. The third kappa shape index (κ3) is 3.76. The smallest absolute Gasteiger partial charge is 0.311 e. The first-order chi connectivity index (χ1) is 14.5. The highest BCUT2D eigenvalue weighted by atomic mass is 127. The SMILES string of the molecule is CCC(C)(C)C(=O)OC1C2CC3C1OC(=O)C3C2C(=O)OC(C)(C)c1ccc(I)cc1. The van der Waals surface area contributed by atoms with Crippen LogP contribution in [-0.4, -0.2) is 30.1 Å². The molecule has 1 heterocycles. The number of carbonyl (C=O) groups is 3. The topological polar surface area (TPSA) is 78.9 Å². The average Bonchev–Trinajstić information content (AvgIpc) is 3.31. The molecule has 2 saturated carbocycles. The minimum Gasteiger partial charge on any atom is -0.458 e. The largest absolute Gasteiger partial charge is 0.458 e. The molecule has 3 fully saturated rings. The molecule has 6 nitrogen and oxygen atoms in total. The number of esters is 3. The fourth-order valence-electron chi connectivity index (χ4n) is 5.13. The minimum atomic E-state index is -0.846. The van der Waals surface area contributed by atoms with Gasteiger partial charge in [0.2, 0.25) is 0 Å². The molecule has 0 N–H and O–H groups in total. The highest BCUT2D eigenvalue weighted by Crippen LogP contribution is 2.59. The van der Waals surface area contributed by atoms with Crippen molar-refractivity contribution in [1.29, 1.82) is 0 Å². The second-order valence-electron chi connectivity index (χ2n) is 10.1. The zero-order chi connectivity index (χ0) is 22.7. The first kappa shape index (κ1) is 22.6. The number of fused-ring (bicyclic) bond motifs is 1. The van der Waals surface area contributed by atoms with Crippen molar-refractivity contribution in [3.63, 3.8) is 0 Å². The molecule has 1 aromatic rings. The maximum absolute atomic E-state index is 13.3. The Morgan fingerprint density at radius 3 is 2.39 bits per heavy atom. The van der Waals surface area contributed by atoms with Crippen LogP contribution in [-0.2, 0) is 34.2 Å². The van der Waals surface area contributed by atoms with E-state index in [9.17, 15) is 14.4 Å². The highest BCUT2D eigenvalue weighted by molar-refractivity contribution is 14.1. The number of hydrogen-bond donors (Lipinski definition) is 0. The van der Waals surface area contributed by atoms with Gasteiger partial charge < -0.3 is 14.2 Å². The molecule has 168 valence electrons. The lowest BCUT2D eigenvalue weighted by atomic mass is 9.78. The Balaban J connectivity index is 1.55. The lowest BCUT2D eigenvalue weighted by Gasteiger charge is -2.34. The molecule has 0 amide bonds. The predicted molar refractivity (Wildman–Crippen MR) is 121 cm³/mol. The Kier molecular flexibility index (Phi) is 5.63. The number of ether oxygens (including phenoxy) is 3. The van der Waals surface area contributed by atoms with Crippen molar-refractivity contribution in [2.24, 2.45) is 29.1 Å². The first-order valence-corrected chi connectivity index (χ1v) is 11.9. The van der Waals surface area contributed by atoms with Gasteiger partial charge in [-0.25, -0.2) is 0 Å². The van der Waals surface area contributed by atoms with E-state index in [1.807, 2.05) is 58.9 Å². The summed E-state index contributed by atoms with van der Waals surface area (Å²) in [7, 11) is 0. The lowest BCUT2D eigenvalue weighted by molar-refractivity contribution is -0.177. The molecule has 2 aliphatic carbocycles. The molecule has 0 aromatic heterocycles. The zero-order valence-electron chi connectivity index (χ0n) is 18.5. The number of halogens is 1. The van der Waals surface area contributed by atoms with Gasteiger partial charge in [0.05, 0.1) is 17.3 Å². The van der Waals surface area contributed by atoms with Gasteiger partial charge in [0.25, 0.3) is 0 Å². The number of benzene rings is 1. The minimum absolute atomic E-state index is 0.0981. The molecular weight excluding hydrogens is 511 g/mol. The van der Waals surface area contributed by atoms with Crippen molar-refractivity contribution in [3.8, 4) is 0 Å². The van der Waals surface area contributed by atoms with Crippen LogP contribution in [0.1, 0.15) is 53.0 Å². The van der Waals surface area contributed by atoms with Crippen molar-refractivity contribution in [2.45, 2.75) is 65.3 Å². The van der Waals surface area contributed by atoms with E-state index >= 15 is 0 Å². The number of carbonyl (C=O) groups excluding carboxylic acids is 3. The van der Waals surface area contributed by atoms with E-state index in [2.05, 4.69) is 22.6 Å². The van der Waals surface area contributed by atoms with Crippen LogP contribution >= 0.6 is 22.6 Å². The summed E-state index contributed by atoms with van der Waals surface area (Å²) in [6, 6.07) is 7.81. The van der Waals surface area contributed by atoms with Gasteiger partial charge in [0.15, 0.2) is 0 Å². The van der Waals surface area contributed by atoms with E-state index in [4.69, 9.17) is 14.2 Å². The van der Waals surface area contributed by atoms with Crippen molar-refractivity contribution >= 4 is 40.5 Å². The summed E-state index contributed by atoms with van der Waals surface area (Å²) >= 11 is 2.23. The zero-order valence-corrected chi connectivity index (χ0v) is 20.7. The maximum Gasteiger partial charge on any atom is 0.311 e. The molecule has 6 unspecified atom stereocenters. The standard InChI is InChI=1S/C24H29IO6/c1-6-23(2,3)22(28)30-19-15-11-14-16(20(26)29-18(14)19)17(15)21(27)31-24(4,5)12-7-9-13(25)10-8-12/h7-10,14-19H,6,11H2,1-5H3. The Bertz CT molecular complexity index is 905. The summed E-state index contributed by atoms with van der Waals surface area (Å²) in [5, 5.41) is 0.